The van der Waals surface area contributed by atoms with E-state index < -0.39 is 11.9 Å². The number of nitrogens with zero attached hydrogens (tertiary/aromatic N) is 3. The van der Waals surface area contributed by atoms with Gasteiger partial charge in [-0.3, -0.25) is 34.4 Å². The fraction of sp³-hybridized carbons (Fsp3) is 0.357. The zero-order chi connectivity index (χ0) is 37.2. The Morgan fingerprint density at radius 2 is 1.80 bits per heavy atom. The SMILES string of the molecule is O=C1CCC(N2Cc3c(SCCCCC(=O)Nc4cccc(-c5ccc6c(c5)[C@H]5[C@H](CCN5Cc5ccncc5)[C@@H](CO)N6)c4)cccc3C2=O)C(=O)N1. The molecular weight excluding hydrogens is 701 g/mol. The lowest BCUT2D eigenvalue weighted by atomic mass is 9.82. The van der Waals surface area contributed by atoms with Crippen LogP contribution in [0.25, 0.3) is 11.1 Å². The predicted molar refractivity (Wildman–Crippen MR) is 208 cm³/mol. The average Bonchev–Trinajstić information content (AvgIpc) is 3.76. The number of thioether (sulfide) groups is 1. The molecule has 54 heavy (non-hydrogen) atoms. The lowest BCUT2D eigenvalue weighted by molar-refractivity contribution is -0.137. The van der Waals surface area contributed by atoms with Gasteiger partial charge in [-0.15, -0.1) is 11.8 Å². The third-order valence-corrected chi connectivity index (χ3v) is 12.4. The number of carbonyl (C=O) groups excluding carboxylic acids is 4. The molecule has 4 N–H and O–H groups in total. The van der Waals surface area contributed by atoms with Crippen LogP contribution in [-0.4, -0.2) is 74.5 Å². The third kappa shape index (κ3) is 7.38. The zero-order valence-electron chi connectivity index (χ0n) is 30.0. The van der Waals surface area contributed by atoms with Crippen molar-refractivity contribution < 1.29 is 24.3 Å². The van der Waals surface area contributed by atoms with E-state index in [1.165, 1.54) is 11.1 Å². The van der Waals surface area contributed by atoms with Crippen molar-refractivity contribution in [3.8, 4) is 11.1 Å². The maximum Gasteiger partial charge on any atom is 0.255 e. The van der Waals surface area contributed by atoms with Gasteiger partial charge in [0.2, 0.25) is 17.7 Å². The highest BCUT2D eigenvalue weighted by atomic mass is 32.2. The maximum absolute atomic E-state index is 13.2. The quantitative estimate of drug-likeness (QED) is 0.0809. The molecule has 4 aliphatic heterocycles. The van der Waals surface area contributed by atoms with Crippen molar-refractivity contribution in [1.29, 1.82) is 0 Å². The van der Waals surface area contributed by atoms with Crippen molar-refractivity contribution >= 4 is 46.8 Å². The number of hydrogen-bond acceptors (Lipinski definition) is 9. The third-order valence-electron chi connectivity index (χ3n) is 11.2. The Labute approximate surface area is 318 Å². The van der Waals surface area contributed by atoms with Crippen LogP contribution in [0, 0.1) is 5.92 Å². The largest absolute Gasteiger partial charge is 0.394 e. The van der Waals surface area contributed by atoms with Gasteiger partial charge >= 0.3 is 0 Å². The summed E-state index contributed by atoms with van der Waals surface area (Å²) in [4.78, 5) is 59.5. The summed E-state index contributed by atoms with van der Waals surface area (Å²) in [7, 11) is 0. The standard InChI is InChI=1S/C42H44N6O5S/c49-25-35-31-16-19-47(23-26-14-17-43-18-15-26)40(31)32-22-28(10-11-34(32)45-35)27-5-3-6-29(21-27)44-38(50)9-1-2-20-54-37-8-4-7-30-33(37)24-48(42(30)53)36-12-13-39(51)46-41(36)52/h3-8,10-11,14-15,17-18,21-22,31,35-36,40,45,49H,1-2,9,12-13,16,19-20,23-25H2,(H,44,50)(H,46,51,52)/t31-,35-,36?,40-/m1/s1. The Morgan fingerprint density at radius 1 is 0.963 bits per heavy atom. The van der Waals surface area contributed by atoms with E-state index in [0.717, 1.165) is 71.1 Å². The van der Waals surface area contributed by atoms with Crippen molar-refractivity contribution in [2.45, 2.75) is 74.6 Å². The number of hydrogen-bond donors (Lipinski definition) is 4. The summed E-state index contributed by atoms with van der Waals surface area (Å²) >= 11 is 1.66. The molecule has 0 aliphatic carbocycles. The van der Waals surface area contributed by atoms with Crippen molar-refractivity contribution in [2.24, 2.45) is 5.92 Å². The molecule has 278 valence electrons. The lowest BCUT2D eigenvalue weighted by Gasteiger charge is -2.39. The van der Waals surface area contributed by atoms with Crippen molar-refractivity contribution in [2.75, 3.05) is 29.5 Å². The number of anilines is 2. The van der Waals surface area contributed by atoms with E-state index in [4.69, 9.17) is 0 Å². The van der Waals surface area contributed by atoms with Gasteiger partial charge in [0, 0.05) is 72.1 Å². The Hall–Kier alpha value is -5.04. The van der Waals surface area contributed by atoms with Crippen LogP contribution in [0.2, 0.25) is 0 Å². The molecule has 1 unspecified atom stereocenters. The number of aliphatic hydroxyl groups is 1. The van der Waals surface area contributed by atoms with Crippen LogP contribution in [0.1, 0.15) is 71.6 Å². The average molecular weight is 745 g/mol. The zero-order valence-corrected chi connectivity index (χ0v) is 30.8. The van der Waals surface area contributed by atoms with Crippen molar-refractivity contribution in [3.63, 3.8) is 0 Å². The fourth-order valence-electron chi connectivity index (χ4n) is 8.50. The number of amides is 4. The molecule has 3 aromatic carbocycles. The molecule has 4 aliphatic rings. The van der Waals surface area contributed by atoms with Gasteiger partial charge in [-0.25, -0.2) is 0 Å². The first-order valence-corrected chi connectivity index (χ1v) is 19.8. The number of likely N-dealkylation sites (tertiary alicyclic amines) is 1. The van der Waals surface area contributed by atoms with Crippen LogP contribution in [0.3, 0.4) is 0 Å². The van der Waals surface area contributed by atoms with Crippen LogP contribution in [0.15, 0.2) is 90.1 Å². The molecule has 8 rings (SSSR count). The normalized spacial score (nSPS) is 21.9. The first-order chi connectivity index (χ1) is 26.4. The van der Waals surface area contributed by atoms with Crippen LogP contribution in [0.4, 0.5) is 11.4 Å². The highest BCUT2D eigenvalue weighted by molar-refractivity contribution is 7.99. The highest BCUT2D eigenvalue weighted by Crippen LogP contribution is 2.48. The van der Waals surface area contributed by atoms with Gasteiger partial charge < -0.3 is 20.6 Å². The highest BCUT2D eigenvalue weighted by Gasteiger charge is 2.44. The smallest absolute Gasteiger partial charge is 0.255 e. The number of imide groups is 1. The van der Waals surface area contributed by atoms with Crippen LogP contribution < -0.4 is 16.0 Å². The van der Waals surface area contributed by atoms with E-state index in [9.17, 15) is 24.3 Å². The van der Waals surface area contributed by atoms with Gasteiger partial charge in [0.25, 0.3) is 5.91 Å². The summed E-state index contributed by atoms with van der Waals surface area (Å²) < 4.78 is 0. The molecule has 0 radical (unpaired) electrons. The molecule has 4 amide bonds. The van der Waals surface area contributed by atoms with Gasteiger partial charge in [0.15, 0.2) is 0 Å². The van der Waals surface area contributed by atoms with E-state index in [-0.39, 0.29) is 42.8 Å². The molecule has 4 atom stereocenters. The Bertz CT molecular complexity index is 2080. The number of nitrogens with one attached hydrogen (secondary N) is 3. The number of fused-ring (bicyclic) bond motifs is 4. The summed E-state index contributed by atoms with van der Waals surface area (Å²) in [6, 6.07) is 23.8. The Balaban J connectivity index is 0.862. The second kappa shape index (κ2) is 15.7. The molecule has 12 heteroatoms. The maximum atomic E-state index is 13.2. The Kier molecular flexibility index (Phi) is 10.5. The van der Waals surface area contributed by atoms with Crippen LogP contribution in [0.5, 0.6) is 0 Å². The van der Waals surface area contributed by atoms with Gasteiger partial charge in [0.05, 0.1) is 12.6 Å². The van der Waals surface area contributed by atoms with Gasteiger partial charge in [-0.05, 0) is 114 Å². The number of pyridine rings is 1. The number of piperidine rings is 1. The monoisotopic (exact) mass is 744 g/mol. The van der Waals surface area contributed by atoms with E-state index in [0.29, 0.717) is 30.9 Å². The molecule has 0 bridgehead atoms. The lowest BCUT2D eigenvalue weighted by Crippen LogP contribution is -2.52. The predicted octanol–water partition coefficient (Wildman–Crippen LogP) is 5.76. The number of aliphatic hydroxyl groups excluding tert-OH is 1. The minimum Gasteiger partial charge on any atom is -0.394 e. The second-order valence-electron chi connectivity index (χ2n) is 14.6. The number of benzene rings is 3. The molecule has 11 nitrogen and oxygen atoms in total. The topological polar surface area (TPSA) is 144 Å². The number of rotatable bonds is 12. The van der Waals surface area contributed by atoms with Crippen molar-refractivity contribution in [1.82, 2.24) is 20.1 Å². The first-order valence-electron chi connectivity index (χ1n) is 18.8. The van der Waals surface area contributed by atoms with Gasteiger partial charge in [0.1, 0.15) is 6.04 Å². The number of carbonyl (C=O) groups is 4. The minimum atomic E-state index is -0.635. The molecular formula is C42H44N6O5S. The van der Waals surface area contributed by atoms with Gasteiger partial charge in [-0.2, -0.15) is 0 Å². The number of unbranched alkanes of at least 4 members (excludes halogenated alkanes) is 1. The molecule has 2 saturated heterocycles. The summed E-state index contributed by atoms with van der Waals surface area (Å²) in [5, 5.41) is 19.3. The summed E-state index contributed by atoms with van der Waals surface area (Å²) in [6.45, 7) is 2.23. The second-order valence-corrected chi connectivity index (χ2v) is 15.7. The van der Waals surface area contributed by atoms with E-state index >= 15 is 0 Å². The van der Waals surface area contributed by atoms with E-state index in [2.05, 4.69) is 62.2 Å². The van der Waals surface area contributed by atoms with E-state index in [1.54, 1.807) is 22.7 Å². The van der Waals surface area contributed by atoms with Crippen LogP contribution >= 0.6 is 11.8 Å². The summed E-state index contributed by atoms with van der Waals surface area (Å²) in [6.07, 6.45) is 7.19. The molecule has 4 aromatic rings. The number of aromatic nitrogens is 1. The molecule has 0 saturated carbocycles. The van der Waals surface area contributed by atoms with E-state index in [1.807, 2.05) is 42.7 Å². The van der Waals surface area contributed by atoms with Crippen molar-refractivity contribution in [3.05, 3.63) is 107 Å². The first kappa shape index (κ1) is 36.0. The van der Waals surface area contributed by atoms with Gasteiger partial charge in [-0.1, -0.05) is 24.3 Å². The Morgan fingerprint density at radius 3 is 2.63 bits per heavy atom. The summed E-state index contributed by atoms with van der Waals surface area (Å²) in [5.74, 6) is 0.179. The minimum absolute atomic E-state index is 0.00970. The molecule has 0 spiro atoms. The summed E-state index contributed by atoms with van der Waals surface area (Å²) in [5.41, 5.74) is 7.91. The fourth-order valence-corrected chi connectivity index (χ4v) is 9.59. The molecule has 1 aromatic heterocycles. The molecule has 5 heterocycles. The molecule has 2 fully saturated rings. The van der Waals surface area contributed by atoms with Crippen LogP contribution in [-0.2, 0) is 27.5 Å².